The molecule has 0 aliphatic rings. The molecule has 3 rings (SSSR count). The van der Waals surface area contributed by atoms with Gasteiger partial charge < -0.3 is 19.6 Å². The number of aromatic hydroxyl groups is 1. The van der Waals surface area contributed by atoms with E-state index in [2.05, 4.69) is 9.97 Å². The third kappa shape index (κ3) is 1.93. The van der Waals surface area contributed by atoms with Crippen molar-refractivity contribution in [1.29, 1.82) is 0 Å². The number of rotatable bonds is 3. The molecule has 1 heterocycles. The molecule has 0 aliphatic heterocycles. The fourth-order valence-corrected chi connectivity index (χ4v) is 2.14. The largest absolute Gasteiger partial charge is 0.507 e. The number of hydrogen-bond acceptors (Lipinski definition) is 4. The van der Waals surface area contributed by atoms with Crippen LogP contribution < -0.4 is 9.47 Å². The van der Waals surface area contributed by atoms with Crippen molar-refractivity contribution in [2.45, 2.75) is 0 Å². The van der Waals surface area contributed by atoms with Crippen molar-refractivity contribution >= 4 is 11.0 Å². The van der Waals surface area contributed by atoms with E-state index in [1.807, 2.05) is 18.2 Å². The van der Waals surface area contributed by atoms with Crippen LogP contribution in [-0.4, -0.2) is 29.3 Å². The number of hydrogen-bond donors (Lipinski definition) is 2. The van der Waals surface area contributed by atoms with E-state index < -0.39 is 0 Å². The first-order valence-electron chi connectivity index (χ1n) is 6.13. The minimum absolute atomic E-state index is 0.186. The molecule has 3 aromatic rings. The van der Waals surface area contributed by atoms with Crippen LogP contribution in [0.3, 0.4) is 0 Å². The Bertz CT molecular complexity index is 724. The number of imidazole rings is 1. The summed E-state index contributed by atoms with van der Waals surface area (Å²) >= 11 is 0. The van der Waals surface area contributed by atoms with Crippen molar-refractivity contribution in [3.05, 3.63) is 36.4 Å². The van der Waals surface area contributed by atoms with E-state index in [-0.39, 0.29) is 5.75 Å². The maximum absolute atomic E-state index is 9.88. The molecule has 0 unspecified atom stereocenters. The second-order valence-electron chi connectivity index (χ2n) is 4.33. The highest BCUT2D eigenvalue weighted by Gasteiger charge is 2.12. The number of phenolic OH excluding ortho intramolecular Hbond substituents is 1. The average Bonchev–Trinajstić information content (AvgIpc) is 2.88. The number of aromatic amines is 1. The number of ether oxygens (including phenoxy) is 2. The zero-order valence-corrected chi connectivity index (χ0v) is 11.2. The molecule has 0 aliphatic carbocycles. The highest BCUT2D eigenvalue weighted by Crippen LogP contribution is 2.34. The fraction of sp³-hybridized carbons (Fsp3) is 0.133. The first-order valence-corrected chi connectivity index (χ1v) is 6.13. The Morgan fingerprint density at radius 1 is 1.05 bits per heavy atom. The molecule has 0 bridgehead atoms. The van der Waals surface area contributed by atoms with Gasteiger partial charge in [-0.2, -0.15) is 0 Å². The zero-order chi connectivity index (χ0) is 14.1. The van der Waals surface area contributed by atoms with Crippen LogP contribution in [0.25, 0.3) is 22.4 Å². The summed E-state index contributed by atoms with van der Waals surface area (Å²) in [4.78, 5) is 7.65. The molecular weight excluding hydrogens is 256 g/mol. The van der Waals surface area contributed by atoms with Gasteiger partial charge in [0.25, 0.3) is 0 Å². The molecule has 0 fully saturated rings. The molecular formula is C15H14N2O3. The molecule has 5 nitrogen and oxygen atoms in total. The Hall–Kier alpha value is -2.69. The van der Waals surface area contributed by atoms with Crippen molar-refractivity contribution in [1.82, 2.24) is 9.97 Å². The van der Waals surface area contributed by atoms with E-state index >= 15 is 0 Å². The maximum Gasteiger partial charge on any atom is 0.163 e. The van der Waals surface area contributed by atoms with Gasteiger partial charge in [0.05, 0.1) is 30.8 Å². The molecule has 5 heteroatoms. The van der Waals surface area contributed by atoms with E-state index in [1.165, 1.54) is 0 Å². The van der Waals surface area contributed by atoms with Gasteiger partial charge in [-0.15, -0.1) is 0 Å². The standard InChI is InChI=1S/C15H14N2O3/c1-19-13-7-10-11(8-14(13)20-2)17-15(16-10)9-5-3-4-6-12(9)18/h3-8,18H,1-2H3,(H,16,17). The number of H-pyrrole nitrogens is 1. The Kier molecular flexibility index (Phi) is 2.95. The lowest BCUT2D eigenvalue weighted by atomic mass is 10.2. The highest BCUT2D eigenvalue weighted by atomic mass is 16.5. The molecule has 2 N–H and O–H groups in total. The molecule has 0 radical (unpaired) electrons. The Labute approximate surface area is 115 Å². The molecule has 102 valence electrons. The van der Waals surface area contributed by atoms with E-state index in [1.54, 1.807) is 32.4 Å². The van der Waals surface area contributed by atoms with Crippen molar-refractivity contribution < 1.29 is 14.6 Å². The summed E-state index contributed by atoms with van der Waals surface area (Å²) in [6.07, 6.45) is 0. The van der Waals surface area contributed by atoms with Crippen molar-refractivity contribution in [2.24, 2.45) is 0 Å². The second-order valence-corrected chi connectivity index (χ2v) is 4.33. The van der Waals surface area contributed by atoms with Crippen molar-refractivity contribution in [3.8, 4) is 28.6 Å². The lowest BCUT2D eigenvalue weighted by molar-refractivity contribution is 0.356. The van der Waals surface area contributed by atoms with Gasteiger partial charge in [-0.05, 0) is 12.1 Å². The molecule has 0 atom stereocenters. The van der Waals surface area contributed by atoms with Gasteiger partial charge in [-0.25, -0.2) is 4.98 Å². The molecule has 20 heavy (non-hydrogen) atoms. The zero-order valence-electron chi connectivity index (χ0n) is 11.2. The topological polar surface area (TPSA) is 67.4 Å². The number of phenols is 1. The molecule has 0 saturated heterocycles. The van der Waals surface area contributed by atoms with Crippen LogP contribution >= 0.6 is 0 Å². The van der Waals surface area contributed by atoms with Crippen LogP contribution in [0.5, 0.6) is 17.2 Å². The van der Waals surface area contributed by atoms with Gasteiger partial charge in [0.15, 0.2) is 11.5 Å². The minimum atomic E-state index is 0.186. The number of benzene rings is 2. The normalized spacial score (nSPS) is 10.7. The predicted molar refractivity (Wildman–Crippen MR) is 76.3 cm³/mol. The molecule has 0 spiro atoms. The van der Waals surface area contributed by atoms with Crippen molar-refractivity contribution in [2.75, 3.05) is 14.2 Å². The molecule has 1 aromatic heterocycles. The Balaban J connectivity index is 2.18. The van der Waals surface area contributed by atoms with Crippen LogP contribution in [-0.2, 0) is 0 Å². The summed E-state index contributed by atoms with van der Waals surface area (Å²) in [5.74, 6) is 2.04. The average molecular weight is 270 g/mol. The summed E-state index contributed by atoms with van der Waals surface area (Å²) in [5, 5.41) is 9.88. The first-order chi connectivity index (χ1) is 9.72. The van der Waals surface area contributed by atoms with E-state index in [0.717, 1.165) is 11.0 Å². The van der Waals surface area contributed by atoms with Crippen LogP contribution in [0.2, 0.25) is 0 Å². The number of fused-ring (bicyclic) bond motifs is 1. The van der Waals surface area contributed by atoms with E-state index in [4.69, 9.17) is 9.47 Å². The smallest absolute Gasteiger partial charge is 0.163 e. The quantitative estimate of drug-likeness (QED) is 0.767. The van der Waals surface area contributed by atoms with Gasteiger partial charge in [0, 0.05) is 12.1 Å². The summed E-state index contributed by atoms with van der Waals surface area (Å²) in [6.45, 7) is 0. The van der Waals surface area contributed by atoms with E-state index in [0.29, 0.717) is 22.9 Å². The third-order valence-electron chi connectivity index (χ3n) is 3.15. The molecule has 2 aromatic carbocycles. The number of nitrogens with one attached hydrogen (secondary N) is 1. The SMILES string of the molecule is COc1cc2nc(-c3ccccc3O)[nH]c2cc1OC. The predicted octanol–water partition coefficient (Wildman–Crippen LogP) is 2.95. The van der Waals surface area contributed by atoms with Crippen LogP contribution in [0.15, 0.2) is 36.4 Å². The third-order valence-corrected chi connectivity index (χ3v) is 3.15. The van der Waals surface area contributed by atoms with Crippen LogP contribution in [0.1, 0.15) is 0 Å². The number of para-hydroxylation sites is 1. The van der Waals surface area contributed by atoms with E-state index in [9.17, 15) is 5.11 Å². The van der Waals surface area contributed by atoms with Crippen molar-refractivity contribution in [3.63, 3.8) is 0 Å². The van der Waals surface area contributed by atoms with Crippen LogP contribution in [0.4, 0.5) is 0 Å². The van der Waals surface area contributed by atoms with Gasteiger partial charge in [0.1, 0.15) is 11.6 Å². The molecule has 0 amide bonds. The monoisotopic (exact) mass is 270 g/mol. The Morgan fingerprint density at radius 2 is 1.75 bits per heavy atom. The summed E-state index contributed by atoms with van der Waals surface area (Å²) < 4.78 is 10.5. The minimum Gasteiger partial charge on any atom is -0.507 e. The number of nitrogens with zero attached hydrogens (tertiary/aromatic N) is 1. The van der Waals surface area contributed by atoms with Gasteiger partial charge in [0.2, 0.25) is 0 Å². The maximum atomic E-state index is 9.88. The lowest BCUT2D eigenvalue weighted by Gasteiger charge is -2.06. The lowest BCUT2D eigenvalue weighted by Crippen LogP contribution is -1.89. The Morgan fingerprint density at radius 3 is 2.45 bits per heavy atom. The highest BCUT2D eigenvalue weighted by molar-refractivity contribution is 5.83. The summed E-state index contributed by atoms with van der Waals surface area (Å²) in [7, 11) is 3.17. The first kappa shape index (κ1) is 12.3. The fourth-order valence-electron chi connectivity index (χ4n) is 2.14. The molecule has 0 saturated carbocycles. The second kappa shape index (κ2) is 4.77. The van der Waals surface area contributed by atoms with Gasteiger partial charge in [-0.1, -0.05) is 12.1 Å². The number of methoxy groups -OCH3 is 2. The number of aromatic nitrogens is 2. The summed E-state index contributed by atoms with van der Waals surface area (Å²) in [6, 6.07) is 10.7. The van der Waals surface area contributed by atoms with Gasteiger partial charge >= 0.3 is 0 Å². The van der Waals surface area contributed by atoms with Gasteiger partial charge in [-0.3, -0.25) is 0 Å². The van der Waals surface area contributed by atoms with Crippen LogP contribution in [0, 0.1) is 0 Å². The summed E-state index contributed by atoms with van der Waals surface area (Å²) in [5.41, 5.74) is 2.23.